The Hall–Kier alpha value is -1.93. The van der Waals surface area contributed by atoms with Crippen LogP contribution in [0.15, 0.2) is 35.7 Å². The van der Waals surface area contributed by atoms with E-state index in [-0.39, 0.29) is 0 Å². The Morgan fingerprint density at radius 1 is 1.24 bits per heavy atom. The van der Waals surface area contributed by atoms with Gasteiger partial charge in [-0.1, -0.05) is 12.1 Å². The third-order valence-corrected chi connectivity index (χ3v) is 5.01. The standard InChI is InChI=1S/C17H15F4NO2S/c18-13-3-1-11(2-4-13)15(16(23)24-10-17(19,20)21)22-7-5-14-12(9-22)6-8-25-14/h1-4,6,8,15H,5,7,9-10H2. The average molecular weight is 373 g/mol. The molecule has 2 heterocycles. The van der Waals surface area contributed by atoms with Crippen LogP contribution in [0.2, 0.25) is 0 Å². The first-order chi connectivity index (χ1) is 11.8. The summed E-state index contributed by atoms with van der Waals surface area (Å²) in [6, 6.07) is 6.10. The molecule has 1 aromatic carbocycles. The Kier molecular flexibility index (Phi) is 5.10. The number of esters is 1. The van der Waals surface area contributed by atoms with E-state index in [1.807, 2.05) is 11.4 Å². The van der Waals surface area contributed by atoms with Crippen LogP contribution in [-0.4, -0.2) is 30.2 Å². The Morgan fingerprint density at radius 3 is 2.64 bits per heavy atom. The summed E-state index contributed by atoms with van der Waals surface area (Å²) in [5.74, 6) is -1.47. The van der Waals surface area contributed by atoms with Crippen LogP contribution in [0.1, 0.15) is 22.0 Å². The molecule has 1 aliphatic heterocycles. The molecule has 0 saturated heterocycles. The second-order valence-corrected chi connectivity index (χ2v) is 6.77. The first-order valence-corrected chi connectivity index (χ1v) is 8.49. The zero-order chi connectivity index (χ0) is 18.0. The number of thiophene rings is 1. The summed E-state index contributed by atoms with van der Waals surface area (Å²) in [4.78, 5) is 15.3. The minimum atomic E-state index is -4.59. The van der Waals surface area contributed by atoms with Crippen molar-refractivity contribution in [2.24, 2.45) is 0 Å². The summed E-state index contributed by atoms with van der Waals surface area (Å²) in [7, 11) is 0. The number of rotatable bonds is 4. The summed E-state index contributed by atoms with van der Waals surface area (Å²) < 4.78 is 54.8. The lowest BCUT2D eigenvalue weighted by Crippen LogP contribution is -2.39. The van der Waals surface area contributed by atoms with Crippen molar-refractivity contribution in [2.75, 3.05) is 13.2 Å². The van der Waals surface area contributed by atoms with E-state index in [0.717, 1.165) is 5.56 Å². The van der Waals surface area contributed by atoms with E-state index >= 15 is 0 Å². The predicted molar refractivity (Wildman–Crippen MR) is 84.6 cm³/mol. The zero-order valence-electron chi connectivity index (χ0n) is 13.1. The van der Waals surface area contributed by atoms with E-state index in [4.69, 9.17) is 0 Å². The number of alkyl halides is 3. The molecule has 1 atom stereocenters. The lowest BCUT2D eigenvalue weighted by Gasteiger charge is -2.33. The molecule has 1 aliphatic rings. The molecule has 0 spiro atoms. The molecule has 3 nitrogen and oxygen atoms in total. The molecule has 0 bridgehead atoms. The minimum Gasteiger partial charge on any atom is -0.455 e. The van der Waals surface area contributed by atoms with Gasteiger partial charge in [-0.25, -0.2) is 9.18 Å². The van der Waals surface area contributed by atoms with Gasteiger partial charge in [0.25, 0.3) is 0 Å². The van der Waals surface area contributed by atoms with Gasteiger partial charge in [-0.3, -0.25) is 4.90 Å². The second kappa shape index (κ2) is 7.13. The number of nitrogens with zero attached hydrogens (tertiary/aromatic N) is 1. The number of carbonyl (C=O) groups is 1. The number of hydrogen-bond acceptors (Lipinski definition) is 4. The number of halogens is 4. The highest BCUT2D eigenvalue weighted by molar-refractivity contribution is 7.10. The van der Waals surface area contributed by atoms with Crippen LogP contribution in [0.3, 0.4) is 0 Å². The van der Waals surface area contributed by atoms with Crippen molar-refractivity contribution in [1.29, 1.82) is 0 Å². The van der Waals surface area contributed by atoms with Crippen molar-refractivity contribution in [3.63, 3.8) is 0 Å². The van der Waals surface area contributed by atoms with Crippen LogP contribution in [0.25, 0.3) is 0 Å². The van der Waals surface area contributed by atoms with Crippen molar-refractivity contribution >= 4 is 17.3 Å². The van der Waals surface area contributed by atoms with Crippen LogP contribution in [-0.2, 0) is 22.5 Å². The number of ether oxygens (including phenoxy) is 1. The normalized spacial score (nSPS) is 16.3. The van der Waals surface area contributed by atoms with Crippen molar-refractivity contribution in [3.8, 4) is 0 Å². The summed E-state index contributed by atoms with van der Waals surface area (Å²) in [6.45, 7) is -0.695. The fourth-order valence-corrected chi connectivity index (χ4v) is 3.75. The molecular weight excluding hydrogens is 358 g/mol. The van der Waals surface area contributed by atoms with E-state index in [1.54, 1.807) is 16.2 Å². The van der Waals surface area contributed by atoms with Crippen molar-refractivity contribution in [1.82, 2.24) is 4.90 Å². The molecule has 2 aromatic rings. The highest BCUT2D eigenvalue weighted by Crippen LogP contribution is 2.31. The molecule has 0 radical (unpaired) electrons. The van der Waals surface area contributed by atoms with Gasteiger partial charge in [0, 0.05) is 18.0 Å². The molecule has 0 N–H and O–H groups in total. The maximum atomic E-state index is 13.2. The first-order valence-electron chi connectivity index (χ1n) is 7.61. The average Bonchev–Trinajstić information content (AvgIpc) is 3.02. The Labute approximate surface area is 145 Å². The van der Waals surface area contributed by atoms with Gasteiger partial charge in [-0.2, -0.15) is 13.2 Å². The van der Waals surface area contributed by atoms with E-state index in [1.165, 1.54) is 29.1 Å². The van der Waals surface area contributed by atoms with E-state index in [9.17, 15) is 22.4 Å². The van der Waals surface area contributed by atoms with Gasteiger partial charge in [0.1, 0.15) is 11.9 Å². The van der Waals surface area contributed by atoms with Gasteiger partial charge in [-0.05, 0) is 41.1 Å². The van der Waals surface area contributed by atoms with Crippen LogP contribution in [0.5, 0.6) is 0 Å². The Bertz CT molecular complexity index is 742. The van der Waals surface area contributed by atoms with Crippen molar-refractivity contribution in [3.05, 3.63) is 57.5 Å². The van der Waals surface area contributed by atoms with Gasteiger partial charge >= 0.3 is 12.1 Å². The van der Waals surface area contributed by atoms with Crippen LogP contribution in [0, 0.1) is 5.82 Å². The SMILES string of the molecule is O=C(OCC(F)(F)F)C(c1ccc(F)cc1)N1CCc2sccc2C1. The molecule has 1 aromatic heterocycles. The van der Waals surface area contributed by atoms with Gasteiger partial charge in [-0.15, -0.1) is 11.3 Å². The maximum absolute atomic E-state index is 13.2. The van der Waals surface area contributed by atoms with E-state index in [0.29, 0.717) is 25.1 Å². The lowest BCUT2D eigenvalue weighted by atomic mass is 10.0. The summed E-state index contributed by atoms with van der Waals surface area (Å²) in [5, 5.41) is 1.95. The highest BCUT2D eigenvalue weighted by atomic mass is 32.1. The summed E-state index contributed by atoms with van der Waals surface area (Å²) >= 11 is 1.62. The largest absolute Gasteiger partial charge is 0.455 e. The van der Waals surface area contributed by atoms with Gasteiger partial charge in [0.2, 0.25) is 0 Å². The van der Waals surface area contributed by atoms with Gasteiger partial charge in [0.05, 0.1) is 0 Å². The summed E-state index contributed by atoms with van der Waals surface area (Å²) in [5.41, 5.74) is 1.46. The number of carbonyl (C=O) groups excluding carboxylic acids is 1. The molecule has 0 saturated carbocycles. The van der Waals surface area contributed by atoms with Crippen LogP contribution >= 0.6 is 11.3 Å². The molecule has 1 unspecified atom stereocenters. The molecule has 0 aliphatic carbocycles. The molecular formula is C17H15F4NO2S. The van der Waals surface area contributed by atoms with Gasteiger partial charge in [0.15, 0.2) is 6.61 Å². The maximum Gasteiger partial charge on any atom is 0.422 e. The fourth-order valence-electron chi connectivity index (χ4n) is 2.86. The second-order valence-electron chi connectivity index (χ2n) is 5.77. The highest BCUT2D eigenvalue weighted by Gasteiger charge is 2.35. The number of benzene rings is 1. The topological polar surface area (TPSA) is 29.5 Å². The number of fused-ring (bicyclic) bond motifs is 1. The molecule has 0 amide bonds. The Morgan fingerprint density at radius 2 is 1.96 bits per heavy atom. The minimum absolute atomic E-state index is 0.409. The van der Waals surface area contributed by atoms with Crippen molar-refractivity contribution < 1.29 is 27.1 Å². The van der Waals surface area contributed by atoms with Crippen LogP contribution < -0.4 is 0 Å². The monoisotopic (exact) mass is 373 g/mol. The quantitative estimate of drug-likeness (QED) is 0.597. The van der Waals surface area contributed by atoms with Crippen LogP contribution in [0.4, 0.5) is 17.6 Å². The first kappa shape index (κ1) is 17.9. The molecule has 25 heavy (non-hydrogen) atoms. The molecule has 8 heteroatoms. The predicted octanol–water partition coefficient (Wildman–Crippen LogP) is 4.09. The zero-order valence-corrected chi connectivity index (χ0v) is 13.9. The smallest absolute Gasteiger partial charge is 0.422 e. The third-order valence-electron chi connectivity index (χ3n) is 3.99. The van der Waals surface area contributed by atoms with Gasteiger partial charge < -0.3 is 4.74 Å². The Balaban J connectivity index is 1.84. The fraction of sp³-hybridized carbons (Fsp3) is 0.353. The molecule has 0 fully saturated rings. The summed E-state index contributed by atoms with van der Waals surface area (Å²) in [6.07, 6.45) is -3.89. The lowest BCUT2D eigenvalue weighted by molar-refractivity contribution is -0.190. The van der Waals surface area contributed by atoms with E-state index in [2.05, 4.69) is 4.74 Å². The molecule has 3 rings (SSSR count). The number of hydrogen-bond donors (Lipinski definition) is 0. The molecule has 134 valence electrons. The van der Waals surface area contributed by atoms with E-state index < -0.39 is 30.6 Å². The van der Waals surface area contributed by atoms with Crippen molar-refractivity contribution in [2.45, 2.75) is 25.2 Å². The third kappa shape index (κ3) is 4.38.